The number of aryl methyl sites for hydroxylation is 3. The number of aromatic nitrogens is 1. The molecule has 7 heteroatoms. The van der Waals surface area contributed by atoms with Gasteiger partial charge in [-0.25, -0.2) is 4.79 Å². The van der Waals surface area contributed by atoms with E-state index in [-0.39, 0.29) is 22.9 Å². The van der Waals surface area contributed by atoms with Crippen LogP contribution in [0.1, 0.15) is 32.6 Å². The molecule has 0 aliphatic heterocycles. The first-order chi connectivity index (χ1) is 18.2. The number of phenolic OH excluding ortho intramolecular Hbond substituents is 1. The lowest BCUT2D eigenvalue weighted by Crippen LogP contribution is -1.98. The van der Waals surface area contributed by atoms with Crippen molar-refractivity contribution < 1.29 is 20.1 Å². The van der Waals surface area contributed by atoms with Crippen molar-refractivity contribution in [2.45, 2.75) is 27.7 Å². The number of hydrogen-bond donors (Lipinski definition) is 3. The fraction of sp³-hybridized carbons (Fsp3) is 0.129. The number of carboxylic acids is 1. The summed E-state index contributed by atoms with van der Waals surface area (Å²) in [5, 5.41) is 41.4. The number of fused-ring (bicyclic) bond motifs is 1. The van der Waals surface area contributed by atoms with Gasteiger partial charge < -0.3 is 15.3 Å². The van der Waals surface area contributed by atoms with Crippen LogP contribution in [0.3, 0.4) is 0 Å². The van der Waals surface area contributed by atoms with E-state index < -0.39 is 5.97 Å². The molecule has 5 rings (SSSR count). The number of rotatable bonds is 5. The number of nitrogens with zero attached hydrogens (tertiary/aromatic N) is 3. The quantitative estimate of drug-likeness (QED) is 0.210. The van der Waals surface area contributed by atoms with Gasteiger partial charge in [0.1, 0.15) is 5.69 Å². The fourth-order valence-corrected chi connectivity index (χ4v) is 4.70. The molecule has 190 valence electrons. The molecule has 3 N–H and O–H groups in total. The highest BCUT2D eigenvalue weighted by Gasteiger charge is 2.22. The maximum absolute atomic E-state index is 11.5. The summed E-state index contributed by atoms with van der Waals surface area (Å²) in [5.74, 6) is -1.23. The van der Waals surface area contributed by atoms with Crippen molar-refractivity contribution >= 4 is 28.2 Å². The van der Waals surface area contributed by atoms with Gasteiger partial charge in [-0.1, -0.05) is 42.5 Å². The van der Waals surface area contributed by atoms with E-state index in [0.717, 1.165) is 38.8 Å². The van der Waals surface area contributed by atoms with Crippen LogP contribution in [0.25, 0.3) is 27.7 Å². The highest BCUT2D eigenvalue weighted by Crippen LogP contribution is 2.45. The molecule has 1 heterocycles. The highest BCUT2D eigenvalue weighted by molar-refractivity contribution is 5.99. The van der Waals surface area contributed by atoms with Crippen molar-refractivity contribution in [1.82, 2.24) is 4.57 Å². The van der Waals surface area contributed by atoms with Gasteiger partial charge >= 0.3 is 5.97 Å². The summed E-state index contributed by atoms with van der Waals surface area (Å²) in [6.45, 7) is 8.03. The molecule has 0 atom stereocenters. The normalized spacial score (nSPS) is 11.5. The molecule has 0 saturated heterocycles. The average Bonchev–Trinajstić information content (AvgIpc) is 3.18. The Labute approximate surface area is 220 Å². The molecule has 0 aliphatic carbocycles. The monoisotopic (exact) mass is 505 g/mol. The zero-order chi connectivity index (χ0) is 27.1. The van der Waals surface area contributed by atoms with Crippen LogP contribution in [0.15, 0.2) is 83.0 Å². The number of aromatic carboxylic acids is 1. The maximum atomic E-state index is 11.5. The third-order valence-electron chi connectivity index (χ3n) is 7.13. The average molecular weight is 506 g/mol. The lowest BCUT2D eigenvalue weighted by Gasteiger charge is -2.12. The lowest BCUT2D eigenvalue weighted by atomic mass is 10.0. The van der Waals surface area contributed by atoms with Gasteiger partial charge in [0.2, 0.25) is 5.88 Å². The summed E-state index contributed by atoms with van der Waals surface area (Å²) in [5.41, 5.74) is 7.40. The van der Waals surface area contributed by atoms with Gasteiger partial charge in [0.15, 0.2) is 11.4 Å². The summed E-state index contributed by atoms with van der Waals surface area (Å²) in [7, 11) is 0. The van der Waals surface area contributed by atoms with Crippen LogP contribution in [0, 0.1) is 27.7 Å². The number of azo groups is 1. The molecule has 0 radical (unpaired) electrons. The number of benzene rings is 4. The van der Waals surface area contributed by atoms with Crippen molar-refractivity contribution in [3.8, 4) is 28.4 Å². The molecule has 0 fully saturated rings. The molecule has 7 nitrogen and oxygen atoms in total. The van der Waals surface area contributed by atoms with Gasteiger partial charge in [-0.05, 0) is 85.8 Å². The second kappa shape index (κ2) is 9.52. The number of aromatic hydroxyl groups is 2. The number of carbonyl (C=O) groups is 1. The van der Waals surface area contributed by atoms with Gasteiger partial charge in [0, 0.05) is 10.9 Å². The zero-order valence-electron chi connectivity index (χ0n) is 21.5. The zero-order valence-corrected chi connectivity index (χ0v) is 21.5. The molecule has 4 aromatic carbocycles. The van der Waals surface area contributed by atoms with E-state index in [2.05, 4.69) is 10.2 Å². The van der Waals surface area contributed by atoms with E-state index in [4.69, 9.17) is 0 Å². The molecule has 0 saturated carbocycles. The Bertz CT molecular complexity index is 1770. The Hall–Kier alpha value is -4.91. The maximum Gasteiger partial charge on any atom is 0.335 e. The minimum absolute atomic E-state index is 0.0454. The standard InChI is InChI=1S/C31H27N3O4/c1-17-8-5-13-25(19(17)3)34-26-15-14-18(2)20(4)27(26)28(30(34)36)33-32-24-12-7-11-23(29(24)35)21-9-6-10-22(16-21)31(37)38/h5-16,35-36H,1-4H3,(H,37,38). The van der Waals surface area contributed by atoms with Gasteiger partial charge in [-0.15, -0.1) is 10.2 Å². The Morgan fingerprint density at radius 1 is 0.789 bits per heavy atom. The summed E-state index contributed by atoms with van der Waals surface area (Å²) in [4.78, 5) is 11.4. The van der Waals surface area contributed by atoms with E-state index in [1.165, 1.54) is 12.1 Å². The predicted molar refractivity (Wildman–Crippen MR) is 149 cm³/mol. The van der Waals surface area contributed by atoms with E-state index in [0.29, 0.717) is 16.8 Å². The molecule has 0 unspecified atom stereocenters. The number of hydrogen-bond acceptors (Lipinski definition) is 5. The van der Waals surface area contributed by atoms with Crippen molar-refractivity contribution in [2.75, 3.05) is 0 Å². The Morgan fingerprint density at radius 2 is 1.50 bits per heavy atom. The molecule has 1 aromatic heterocycles. The minimum atomic E-state index is -1.05. The molecule has 0 aliphatic rings. The Balaban J connectivity index is 1.68. The number of phenols is 1. The van der Waals surface area contributed by atoms with Crippen molar-refractivity contribution in [3.05, 3.63) is 101 Å². The molecule has 38 heavy (non-hydrogen) atoms. The van der Waals surface area contributed by atoms with Crippen LogP contribution in [0.2, 0.25) is 0 Å². The molecule has 5 aromatic rings. The van der Waals surface area contributed by atoms with E-state index >= 15 is 0 Å². The summed E-state index contributed by atoms with van der Waals surface area (Å²) in [6, 6.07) is 21.3. The molecule has 0 amide bonds. The highest BCUT2D eigenvalue weighted by atomic mass is 16.4. The second-order valence-electron chi connectivity index (χ2n) is 9.39. The fourth-order valence-electron chi connectivity index (χ4n) is 4.70. The SMILES string of the molecule is Cc1cccc(-n2c(O)c(N=Nc3cccc(-c4cccc(C(=O)O)c4)c3O)c3c(C)c(C)ccc32)c1C. The van der Waals surface area contributed by atoms with Gasteiger partial charge in [-0.2, -0.15) is 0 Å². The van der Waals surface area contributed by atoms with Crippen molar-refractivity contribution in [3.63, 3.8) is 0 Å². The van der Waals surface area contributed by atoms with E-state index in [1.54, 1.807) is 34.9 Å². The number of para-hydroxylation sites is 1. The second-order valence-corrected chi connectivity index (χ2v) is 9.39. The van der Waals surface area contributed by atoms with Crippen molar-refractivity contribution in [1.29, 1.82) is 0 Å². The van der Waals surface area contributed by atoms with Crippen LogP contribution in [0.5, 0.6) is 11.6 Å². The topological polar surface area (TPSA) is 107 Å². The first-order valence-electron chi connectivity index (χ1n) is 12.2. The summed E-state index contributed by atoms with van der Waals surface area (Å²) in [6.07, 6.45) is 0. The third-order valence-corrected chi connectivity index (χ3v) is 7.13. The smallest absolute Gasteiger partial charge is 0.335 e. The summed E-state index contributed by atoms with van der Waals surface area (Å²) < 4.78 is 1.78. The van der Waals surface area contributed by atoms with Crippen LogP contribution in [-0.2, 0) is 0 Å². The number of carboxylic acid groups (broad SMARTS) is 1. The van der Waals surface area contributed by atoms with Crippen LogP contribution in [0.4, 0.5) is 11.4 Å². The third kappa shape index (κ3) is 4.08. The molecule has 0 bridgehead atoms. The molecule has 0 spiro atoms. The summed E-state index contributed by atoms with van der Waals surface area (Å²) >= 11 is 0. The van der Waals surface area contributed by atoms with E-state index in [9.17, 15) is 20.1 Å². The van der Waals surface area contributed by atoms with Gasteiger partial charge in [-0.3, -0.25) is 4.57 Å². The largest absolute Gasteiger partial charge is 0.505 e. The van der Waals surface area contributed by atoms with E-state index in [1.807, 2.05) is 58.0 Å². The van der Waals surface area contributed by atoms with Gasteiger partial charge in [0.05, 0.1) is 16.8 Å². The molecular weight excluding hydrogens is 478 g/mol. The first-order valence-corrected chi connectivity index (χ1v) is 12.2. The van der Waals surface area contributed by atoms with Crippen LogP contribution in [-0.4, -0.2) is 25.9 Å². The predicted octanol–water partition coefficient (Wildman–Crippen LogP) is 8.06. The molecular formula is C31H27N3O4. The minimum Gasteiger partial charge on any atom is -0.505 e. The van der Waals surface area contributed by atoms with Gasteiger partial charge in [0.25, 0.3) is 0 Å². The van der Waals surface area contributed by atoms with Crippen molar-refractivity contribution in [2.24, 2.45) is 10.2 Å². The lowest BCUT2D eigenvalue weighted by molar-refractivity contribution is 0.0697. The Morgan fingerprint density at radius 3 is 2.26 bits per heavy atom. The van der Waals surface area contributed by atoms with Crippen LogP contribution < -0.4 is 0 Å². The van der Waals surface area contributed by atoms with Crippen LogP contribution >= 0.6 is 0 Å². The first kappa shape index (κ1) is 24.8. The Kier molecular flexibility index (Phi) is 6.20.